The van der Waals surface area contributed by atoms with Crippen molar-refractivity contribution < 1.29 is 9.47 Å². The van der Waals surface area contributed by atoms with Crippen LogP contribution in [-0.4, -0.2) is 27.0 Å². The molecule has 1 aromatic carbocycles. The Balaban J connectivity index is 2.25. The van der Waals surface area contributed by atoms with E-state index in [4.69, 9.17) is 9.47 Å². The summed E-state index contributed by atoms with van der Waals surface area (Å²) in [5.41, 5.74) is 1.14. The zero-order chi connectivity index (χ0) is 9.97. The highest BCUT2D eigenvalue weighted by atomic mass is 79.9. The summed E-state index contributed by atoms with van der Waals surface area (Å²) in [4.78, 5) is 2.18. The zero-order valence-corrected chi connectivity index (χ0v) is 9.58. The van der Waals surface area contributed by atoms with Crippen LogP contribution in [0.4, 0.5) is 5.69 Å². The Kier molecular flexibility index (Phi) is 2.93. The van der Waals surface area contributed by atoms with Crippen LogP contribution in [0.1, 0.15) is 0 Å². The predicted molar refractivity (Wildman–Crippen MR) is 58.9 cm³/mol. The molecule has 3 nitrogen and oxygen atoms in total. The third kappa shape index (κ3) is 1.86. The lowest BCUT2D eigenvalue weighted by atomic mass is 10.3. The standard InChI is InChI=1S/C10H12BrNO2/c1-13-10-6-8(2-3-9(10)11)12-4-5-14-7-12/h2-3,6H,4-5,7H2,1H3. The first-order chi connectivity index (χ1) is 6.81. The third-order valence-corrected chi connectivity index (χ3v) is 2.91. The van der Waals surface area contributed by atoms with Gasteiger partial charge >= 0.3 is 0 Å². The molecular formula is C10H12BrNO2. The molecule has 0 bridgehead atoms. The molecule has 1 aliphatic rings. The molecule has 1 aromatic rings. The fourth-order valence-corrected chi connectivity index (χ4v) is 1.87. The maximum atomic E-state index is 5.29. The Hall–Kier alpha value is -0.740. The summed E-state index contributed by atoms with van der Waals surface area (Å²) in [5.74, 6) is 0.856. The van der Waals surface area contributed by atoms with E-state index in [-0.39, 0.29) is 0 Å². The average molecular weight is 258 g/mol. The van der Waals surface area contributed by atoms with Gasteiger partial charge in [0.15, 0.2) is 0 Å². The third-order valence-electron chi connectivity index (χ3n) is 2.25. The number of benzene rings is 1. The molecule has 4 heteroatoms. The highest BCUT2D eigenvalue weighted by Crippen LogP contribution is 2.30. The fourth-order valence-electron chi connectivity index (χ4n) is 1.46. The molecule has 0 spiro atoms. The van der Waals surface area contributed by atoms with E-state index in [9.17, 15) is 0 Å². The van der Waals surface area contributed by atoms with E-state index >= 15 is 0 Å². The van der Waals surface area contributed by atoms with Gasteiger partial charge in [0.25, 0.3) is 0 Å². The van der Waals surface area contributed by atoms with Crippen molar-refractivity contribution in [3.63, 3.8) is 0 Å². The lowest BCUT2D eigenvalue weighted by molar-refractivity contribution is 0.201. The molecule has 0 unspecified atom stereocenters. The Bertz CT molecular complexity index is 324. The highest BCUT2D eigenvalue weighted by molar-refractivity contribution is 9.10. The summed E-state index contributed by atoms with van der Waals surface area (Å²) >= 11 is 3.42. The second-order valence-electron chi connectivity index (χ2n) is 3.12. The van der Waals surface area contributed by atoms with E-state index in [0.29, 0.717) is 6.73 Å². The van der Waals surface area contributed by atoms with Crippen molar-refractivity contribution in [3.05, 3.63) is 22.7 Å². The van der Waals surface area contributed by atoms with Crippen LogP contribution < -0.4 is 9.64 Å². The SMILES string of the molecule is COc1cc(N2CCOC2)ccc1Br. The summed E-state index contributed by atoms with van der Waals surface area (Å²) in [6.45, 7) is 2.42. The van der Waals surface area contributed by atoms with Crippen molar-refractivity contribution in [1.82, 2.24) is 0 Å². The molecule has 0 amide bonds. The molecule has 0 saturated carbocycles. The minimum absolute atomic E-state index is 0.671. The van der Waals surface area contributed by atoms with Gasteiger partial charge in [0, 0.05) is 18.3 Å². The molecule has 2 rings (SSSR count). The van der Waals surface area contributed by atoms with Crippen molar-refractivity contribution in [2.24, 2.45) is 0 Å². The maximum absolute atomic E-state index is 5.29. The van der Waals surface area contributed by atoms with Crippen LogP contribution in [0, 0.1) is 0 Å². The number of methoxy groups -OCH3 is 1. The van der Waals surface area contributed by atoms with Crippen LogP contribution in [0.2, 0.25) is 0 Å². The minimum atomic E-state index is 0.671. The van der Waals surface area contributed by atoms with Crippen LogP contribution in [0.25, 0.3) is 0 Å². The maximum Gasteiger partial charge on any atom is 0.135 e. The second kappa shape index (κ2) is 4.19. The summed E-state index contributed by atoms with van der Waals surface area (Å²) in [5, 5.41) is 0. The number of ether oxygens (including phenoxy) is 2. The van der Waals surface area contributed by atoms with Crippen molar-refractivity contribution in [1.29, 1.82) is 0 Å². The quantitative estimate of drug-likeness (QED) is 0.812. The average Bonchev–Trinajstić information content (AvgIpc) is 2.71. The molecule has 76 valence electrons. The summed E-state index contributed by atoms with van der Waals surface area (Å²) < 4.78 is 11.5. The van der Waals surface area contributed by atoms with Gasteiger partial charge in [-0.05, 0) is 28.1 Å². The first-order valence-corrected chi connectivity index (χ1v) is 5.27. The largest absolute Gasteiger partial charge is 0.495 e. The van der Waals surface area contributed by atoms with Crippen molar-refractivity contribution in [2.75, 3.05) is 31.9 Å². The molecule has 1 fully saturated rings. The molecule has 1 saturated heterocycles. The van der Waals surface area contributed by atoms with Crippen molar-refractivity contribution in [3.8, 4) is 5.75 Å². The first-order valence-electron chi connectivity index (χ1n) is 4.47. The summed E-state index contributed by atoms with van der Waals surface area (Å²) in [6, 6.07) is 6.06. The van der Waals surface area contributed by atoms with E-state index < -0.39 is 0 Å². The number of nitrogens with zero attached hydrogens (tertiary/aromatic N) is 1. The van der Waals surface area contributed by atoms with Gasteiger partial charge in [-0.1, -0.05) is 0 Å². The molecule has 0 radical (unpaired) electrons. The number of halogens is 1. The van der Waals surface area contributed by atoms with Crippen LogP contribution in [0.3, 0.4) is 0 Å². The molecule has 0 aromatic heterocycles. The lowest BCUT2D eigenvalue weighted by Gasteiger charge is -2.16. The van der Waals surface area contributed by atoms with E-state index in [1.165, 1.54) is 0 Å². The highest BCUT2D eigenvalue weighted by Gasteiger charge is 2.13. The number of rotatable bonds is 2. The first kappa shape index (κ1) is 9.80. The van der Waals surface area contributed by atoms with Crippen LogP contribution in [-0.2, 0) is 4.74 Å². The molecule has 14 heavy (non-hydrogen) atoms. The normalized spacial score (nSPS) is 16.0. The van der Waals surface area contributed by atoms with Gasteiger partial charge in [0.2, 0.25) is 0 Å². The van der Waals surface area contributed by atoms with E-state index in [1.807, 2.05) is 12.1 Å². The summed E-state index contributed by atoms with van der Waals surface area (Å²) in [6.07, 6.45) is 0. The molecule has 0 N–H and O–H groups in total. The monoisotopic (exact) mass is 257 g/mol. The molecule has 0 aliphatic carbocycles. The summed E-state index contributed by atoms with van der Waals surface area (Å²) in [7, 11) is 1.67. The van der Waals surface area contributed by atoms with Gasteiger partial charge in [-0.3, -0.25) is 0 Å². The molecule has 1 aliphatic heterocycles. The van der Waals surface area contributed by atoms with Gasteiger partial charge in [-0.2, -0.15) is 0 Å². The van der Waals surface area contributed by atoms with Crippen LogP contribution >= 0.6 is 15.9 Å². The van der Waals surface area contributed by atoms with Crippen LogP contribution in [0.5, 0.6) is 5.75 Å². The van der Waals surface area contributed by atoms with E-state index in [1.54, 1.807) is 7.11 Å². The zero-order valence-electron chi connectivity index (χ0n) is 8.00. The van der Waals surface area contributed by atoms with E-state index in [0.717, 1.165) is 29.1 Å². The Morgan fingerprint density at radius 3 is 3.00 bits per heavy atom. The Labute approximate surface area is 91.7 Å². The predicted octanol–water partition coefficient (Wildman–Crippen LogP) is 2.25. The minimum Gasteiger partial charge on any atom is -0.495 e. The molecular weight excluding hydrogens is 246 g/mol. The molecule has 1 heterocycles. The molecule has 0 atom stereocenters. The number of anilines is 1. The van der Waals surface area contributed by atoms with Gasteiger partial charge < -0.3 is 14.4 Å². The number of hydrogen-bond donors (Lipinski definition) is 0. The second-order valence-corrected chi connectivity index (χ2v) is 3.97. The Morgan fingerprint density at radius 2 is 2.36 bits per heavy atom. The van der Waals surface area contributed by atoms with Gasteiger partial charge in [-0.25, -0.2) is 0 Å². The lowest BCUT2D eigenvalue weighted by Crippen LogP contribution is -2.18. The van der Waals surface area contributed by atoms with E-state index in [2.05, 4.69) is 26.9 Å². The Morgan fingerprint density at radius 1 is 1.50 bits per heavy atom. The van der Waals surface area contributed by atoms with Crippen LogP contribution in [0.15, 0.2) is 22.7 Å². The topological polar surface area (TPSA) is 21.7 Å². The van der Waals surface area contributed by atoms with Gasteiger partial charge in [-0.15, -0.1) is 0 Å². The fraction of sp³-hybridized carbons (Fsp3) is 0.400. The van der Waals surface area contributed by atoms with Crippen molar-refractivity contribution in [2.45, 2.75) is 0 Å². The number of hydrogen-bond acceptors (Lipinski definition) is 3. The van der Waals surface area contributed by atoms with Gasteiger partial charge in [0.05, 0.1) is 18.2 Å². The smallest absolute Gasteiger partial charge is 0.135 e. The van der Waals surface area contributed by atoms with Crippen molar-refractivity contribution >= 4 is 21.6 Å². The van der Waals surface area contributed by atoms with Gasteiger partial charge in [0.1, 0.15) is 12.5 Å².